The van der Waals surface area contributed by atoms with Crippen molar-refractivity contribution in [3.8, 4) is 0 Å². The van der Waals surface area contributed by atoms with Gasteiger partial charge in [0.25, 0.3) is 0 Å². The summed E-state index contributed by atoms with van der Waals surface area (Å²) < 4.78 is 0. The lowest BCUT2D eigenvalue weighted by molar-refractivity contribution is 0.606. The van der Waals surface area contributed by atoms with Gasteiger partial charge in [-0.2, -0.15) is 5.10 Å². The number of halogens is 1. The molecule has 0 radical (unpaired) electrons. The van der Waals surface area contributed by atoms with Gasteiger partial charge in [0.2, 0.25) is 0 Å². The van der Waals surface area contributed by atoms with Gasteiger partial charge >= 0.3 is 0 Å². The molecule has 1 N–H and O–H groups in total. The minimum Gasteiger partial charge on any atom is -0.260 e. The molecule has 2 rings (SSSR count). The van der Waals surface area contributed by atoms with Crippen LogP contribution in [0.5, 0.6) is 0 Å². The summed E-state index contributed by atoms with van der Waals surface area (Å²) in [5.74, 6) is 0.642. The second-order valence-electron chi connectivity index (χ2n) is 4.39. The molecule has 0 aromatic carbocycles. The molecule has 17 heavy (non-hydrogen) atoms. The fraction of sp³-hybridized carbons (Fsp3) is 0.538. The zero-order valence-corrected chi connectivity index (χ0v) is 10.7. The van der Waals surface area contributed by atoms with E-state index in [1.54, 1.807) is 6.20 Å². The lowest BCUT2D eigenvalue weighted by Crippen LogP contribution is -2.05. The minimum atomic E-state index is 0.614. The zero-order chi connectivity index (χ0) is 11.9. The van der Waals surface area contributed by atoms with E-state index >= 15 is 0 Å². The Balaban J connectivity index is 1.96. The second kappa shape index (κ2) is 6.60. The molecule has 0 aliphatic heterocycles. The summed E-state index contributed by atoms with van der Waals surface area (Å²) in [5.41, 5.74) is 4.22. The maximum atomic E-state index is 6.01. The first-order valence-corrected chi connectivity index (χ1v) is 6.66. The van der Waals surface area contributed by atoms with Gasteiger partial charge in [0, 0.05) is 11.9 Å². The summed E-state index contributed by atoms with van der Waals surface area (Å²) in [6.07, 6.45) is 10.4. The molecule has 4 heteroatoms. The topological polar surface area (TPSA) is 37.3 Å². The standard InChI is InChI=1S/C13H18ClN3/c14-12-9-6-10-15-13(12)17-16-11-7-4-2-1-3-5-8-11/h6,9-10H,1-5,7-8H2,(H,15,17). The quantitative estimate of drug-likeness (QED) is 0.798. The number of nitrogens with one attached hydrogen (secondary N) is 1. The van der Waals surface area contributed by atoms with Crippen LogP contribution in [0.15, 0.2) is 23.4 Å². The molecule has 1 aliphatic carbocycles. The van der Waals surface area contributed by atoms with E-state index < -0.39 is 0 Å². The average Bonchev–Trinajstić information content (AvgIpc) is 2.29. The molecular weight excluding hydrogens is 234 g/mol. The summed E-state index contributed by atoms with van der Waals surface area (Å²) in [5, 5.41) is 5.05. The molecule has 0 bridgehead atoms. The van der Waals surface area contributed by atoms with Crippen molar-refractivity contribution in [2.45, 2.75) is 44.9 Å². The largest absolute Gasteiger partial charge is 0.260 e. The number of aromatic nitrogens is 1. The van der Waals surface area contributed by atoms with Gasteiger partial charge in [-0.1, -0.05) is 30.9 Å². The number of hydrogen-bond acceptors (Lipinski definition) is 3. The normalized spacial score (nSPS) is 17.1. The summed E-state index contributed by atoms with van der Waals surface area (Å²) in [4.78, 5) is 4.15. The van der Waals surface area contributed by atoms with Gasteiger partial charge in [-0.05, 0) is 37.8 Å². The Morgan fingerprint density at radius 2 is 1.82 bits per heavy atom. The predicted molar refractivity (Wildman–Crippen MR) is 72.6 cm³/mol. The van der Waals surface area contributed by atoms with Gasteiger partial charge in [0.05, 0.1) is 5.02 Å². The Morgan fingerprint density at radius 3 is 2.53 bits per heavy atom. The first-order valence-electron chi connectivity index (χ1n) is 6.28. The van der Waals surface area contributed by atoms with Gasteiger partial charge in [-0.3, -0.25) is 5.43 Å². The molecule has 1 aliphatic rings. The lowest BCUT2D eigenvalue weighted by atomic mass is 9.99. The summed E-state index contributed by atoms with van der Waals surface area (Å²) in [6, 6.07) is 3.63. The smallest absolute Gasteiger partial charge is 0.165 e. The molecule has 0 atom stereocenters. The first kappa shape index (κ1) is 12.4. The minimum absolute atomic E-state index is 0.614. The van der Waals surface area contributed by atoms with Crippen molar-refractivity contribution in [3.63, 3.8) is 0 Å². The van der Waals surface area contributed by atoms with Crippen LogP contribution in [0.2, 0.25) is 5.02 Å². The van der Waals surface area contributed by atoms with Crippen molar-refractivity contribution in [2.75, 3.05) is 5.43 Å². The van der Waals surface area contributed by atoms with E-state index in [2.05, 4.69) is 15.5 Å². The maximum absolute atomic E-state index is 6.01. The van der Waals surface area contributed by atoms with E-state index in [9.17, 15) is 0 Å². The van der Waals surface area contributed by atoms with E-state index in [-0.39, 0.29) is 0 Å². The molecule has 3 nitrogen and oxygen atoms in total. The van der Waals surface area contributed by atoms with Crippen LogP contribution in [0.3, 0.4) is 0 Å². The van der Waals surface area contributed by atoms with Crippen LogP contribution in [-0.2, 0) is 0 Å². The van der Waals surface area contributed by atoms with Crippen molar-refractivity contribution in [1.82, 2.24) is 4.98 Å². The van der Waals surface area contributed by atoms with E-state index in [0.29, 0.717) is 10.8 Å². The highest BCUT2D eigenvalue weighted by atomic mass is 35.5. The van der Waals surface area contributed by atoms with E-state index in [1.165, 1.54) is 37.8 Å². The second-order valence-corrected chi connectivity index (χ2v) is 4.80. The predicted octanol–water partition coefficient (Wildman–Crippen LogP) is 4.25. The molecule has 1 heterocycles. The lowest BCUT2D eigenvalue weighted by Gasteiger charge is -2.11. The van der Waals surface area contributed by atoms with Crippen LogP contribution in [0.25, 0.3) is 0 Å². The Bertz CT molecular complexity index is 380. The Kier molecular flexibility index (Phi) is 4.80. The number of rotatable bonds is 2. The Labute approximate surface area is 107 Å². The fourth-order valence-corrected chi connectivity index (χ4v) is 2.19. The summed E-state index contributed by atoms with van der Waals surface area (Å²) in [6.45, 7) is 0. The van der Waals surface area contributed by atoms with Gasteiger partial charge < -0.3 is 0 Å². The third-order valence-corrected chi connectivity index (χ3v) is 3.31. The molecule has 92 valence electrons. The van der Waals surface area contributed by atoms with Crippen molar-refractivity contribution in [3.05, 3.63) is 23.4 Å². The van der Waals surface area contributed by atoms with Gasteiger partial charge in [0.15, 0.2) is 5.82 Å². The van der Waals surface area contributed by atoms with Gasteiger partial charge in [0.1, 0.15) is 0 Å². The Morgan fingerprint density at radius 1 is 1.12 bits per heavy atom. The van der Waals surface area contributed by atoms with Crippen molar-refractivity contribution in [2.24, 2.45) is 5.10 Å². The molecule has 1 fully saturated rings. The molecule has 1 saturated carbocycles. The van der Waals surface area contributed by atoms with Crippen LogP contribution in [0.1, 0.15) is 44.9 Å². The first-order chi connectivity index (χ1) is 8.36. The molecule has 0 saturated heterocycles. The van der Waals surface area contributed by atoms with Crippen LogP contribution >= 0.6 is 11.6 Å². The molecule has 0 unspecified atom stereocenters. The Hall–Kier alpha value is -1.09. The van der Waals surface area contributed by atoms with Crippen LogP contribution in [0, 0.1) is 0 Å². The molecule has 0 amide bonds. The summed E-state index contributed by atoms with van der Waals surface area (Å²) in [7, 11) is 0. The third kappa shape index (κ3) is 4.00. The highest BCUT2D eigenvalue weighted by Gasteiger charge is 2.05. The molecule has 1 aromatic heterocycles. The zero-order valence-electron chi connectivity index (χ0n) is 9.95. The van der Waals surface area contributed by atoms with Gasteiger partial charge in [-0.15, -0.1) is 0 Å². The number of nitrogens with zero attached hydrogens (tertiary/aromatic N) is 2. The fourth-order valence-electron chi connectivity index (χ4n) is 2.03. The monoisotopic (exact) mass is 251 g/mol. The van der Waals surface area contributed by atoms with Crippen LogP contribution < -0.4 is 5.43 Å². The molecule has 1 aromatic rings. The molecule has 0 spiro atoms. The van der Waals surface area contributed by atoms with Crippen molar-refractivity contribution in [1.29, 1.82) is 0 Å². The third-order valence-electron chi connectivity index (χ3n) is 3.01. The number of hydrazone groups is 1. The van der Waals surface area contributed by atoms with E-state index in [0.717, 1.165) is 12.8 Å². The average molecular weight is 252 g/mol. The number of anilines is 1. The number of hydrogen-bond donors (Lipinski definition) is 1. The van der Waals surface area contributed by atoms with Crippen LogP contribution in [-0.4, -0.2) is 10.7 Å². The van der Waals surface area contributed by atoms with Gasteiger partial charge in [-0.25, -0.2) is 4.98 Å². The maximum Gasteiger partial charge on any atom is 0.165 e. The molecular formula is C13H18ClN3. The highest BCUT2D eigenvalue weighted by molar-refractivity contribution is 6.32. The van der Waals surface area contributed by atoms with E-state index in [4.69, 9.17) is 11.6 Å². The van der Waals surface area contributed by atoms with Crippen LogP contribution in [0.4, 0.5) is 5.82 Å². The van der Waals surface area contributed by atoms with E-state index in [1.807, 2.05) is 12.1 Å². The number of pyridine rings is 1. The SMILES string of the molecule is Clc1cccnc1NN=C1CCCCCCC1. The highest BCUT2D eigenvalue weighted by Crippen LogP contribution is 2.19. The van der Waals surface area contributed by atoms with Crippen molar-refractivity contribution >= 4 is 23.1 Å². The summed E-state index contributed by atoms with van der Waals surface area (Å²) >= 11 is 6.01. The van der Waals surface area contributed by atoms with Crippen molar-refractivity contribution < 1.29 is 0 Å².